The number of hydrogen-bond acceptors (Lipinski definition) is 8. The molecule has 1 aliphatic heterocycles. The summed E-state index contributed by atoms with van der Waals surface area (Å²) < 4.78 is 18.1. The van der Waals surface area contributed by atoms with Crippen LogP contribution in [-0.2, 0) is 23.8 Å². The van der Waals surface area contributed by atoms with Crippen LogP contribution >= 0.6 is 0 Å². The van der Waals surface area contributed by atoms with Crippen molar-refractivity contribution in [2.75, 3.05) is 6.61 Å². The van der Waals surface area contributed by atoms with E-state index >= 15 is 0 Å². The van der Waals surface area contributed by atoms with Gasteiger partial charge in [0.2, 0.25) is 0 Å². The molecule has 3 fully saturated rings. The zero-order valence-corrected chi connectivity index (χ0v) is 22.1. The Labute approximate surface area is 217 Å². The number of carbonyl (C=O) groups excluding carboxylic acids is 3. The van der Waals surface area contributed by atoms with Gasteiger partial charge in [-0.1, -0.05) is 44.5 Å². The second-order valence-electron chi connectivity index (χ2n) is 12.0. The van der Waals surface area contributed by atoms with E-state index in [9.17, 15) is 24.6 Å². The summed E-state index contributed by atoms with van der Waals surface area (Å²) in [4.78, 5) is 40.1. The van der Waals surface area contributed by atoms with Gasteiger partial charge in [-0.2, -0.15) is 0 Å². The van der Waals surface area contributed by atoms with Crippen LogP contribution in [0.3, 0.4) is 0 Å². The number of esters is 2. The maximum Gasteiger partial charge on any atom is 0.338 e. The smallest absolute Gasteiger partial charge is 0.338 e. The summed E-state index contributed by atoms with van der Waals surface area (Å²) in [6, 6.07) is 8.45. The fourth-order valence-corrected chi connectivity index (χ4v) is 7.49. The van der Waals surface area contributed by atoms with Gasteiger partial charge in [-0.25, -0.2) is 4.79 Å². The second kappa shape index (κ2) is 8.48. The normalized spacial score (nSPS) is 40.4. The zero-order valence-electron chi connectivity index (χ0n) is 22.1. The molecule has 2 bridgehead atoms. The van der Waals surface area contributed by atoms with Crippen LogP contribution < -0.4 is 0 Å². The number of ether oxygens (including phenoxy) is 3. The molecule has 2 saturated carbocycles. The van der Waals surface area contributed by atoms with Gasteiger partial charge in [-0.15, -0.1) is 0 Å². The molecule has 37 heavy (non-hydrogen) atoms. The maximum atomic E-state index is 14.2. The number of hydrogen-bond donors (Lipinski definition) is 2. The van der Waals surface area contributed by atoms with E-state index in [0.717, 1.165) is 0 Å². The Morgan fingerprint density at radius 3 is 2.41 bits per heavy atom. The van der Waals surface area contributed by atoms with Gasteiger partial charge in [0.25, 0.3) is 0 Å². The number of aliphatic hydroxyl groups excluding tert-OH is 1. The van der Waals surface area contributed by atoms with Crippen molar-refractivity contribution in [2.24, 2.45) is 16.7 Å². The number of rotatable bonds is 3. The van der Waals surface area contributed by atoms with Gasteiger partial charge in [0, 0.05) is 30.6 Å². The molecule has 7 atom stereocenters. The Balaban J connectivity index is 1.76. The number of benzene rings is 1. The topological polar surface area (TPSA) is 119 Å². The van der Waals surface area contributed by atoms with E-state index < -0.39 is 58.2 Å². The van der Waals surface area contributed by atoms with Crippen molar-refractivity contribution in [1.29, 1.82) is 0 Å². The SMILES string of the molecule is CC(=O)O[C@@]12CO[C@@H]1CC[C@@]1(C)C(=O)CC3=C(C)[C@@H](O)C[C@@](O)([C@@H](OC(=O)c4ccccc4)[C@H]21)C3(C)C. The summed E-state index contributed by atoms with van der Waals surface area (Å²) in [5.41, 5.74) is -3.49. The molecular formula is C29H36O8. The first-order valence-corrected chi connectivity index (χ1v) is 13.0. The van der Waals surface area contributed by atoms with Gasteiger partial charge in [-0.3, -0.25) is 9.59 Å². The molecule has 200 valence electrons. The van der Waals surface area contributed by atoms with Gasteiger partial charge in [0.1, 0.15) is 23.6 Å². The van der Waals surface area contributed by atoms with Crippen molar-refractivity contribution in [3.63, 3.8) is 0 Å². The van der Waals surface area contributed by atoms with Gasteiger partial charge >= 0.3 is 11.9 Å². The average molecular weight is 513 g/mol. The monoisotopic (exact) mass is 512 g/mol. The van der Waals surface area contributed by atoms with E-state index in [1.54, 1.807) is 37.3 Å². The first-order chi connectivity index (χ1) is 17.3. The summed E-state index contributed by atoms with van der Waals surface area (Å²) in [5, 5.41) is 23.7. The molecule has 8 heteroatoms. The highest BCUT2D eigenvalue weighted by molar-refractivity contribution is 5.90. The van der Waals surface area contributed by atoms with Crippen LogP contribution in [0, 0.1) is 16.7 Å². The van der Waals surface area contributed by atoms with E-state index in [2.05, 4.69) is 0 Å². The van der Waals surface area contributed by atoms with Crippen LogP contribution in [0.5, 0.6) is 0 Å². The zero-order chi connectivity index (χ0) is 27.0. The highest BCUT2D eigenvalue weighted by atomic mass is 16.6. The maximum absolute atomic E-state index is 14.2. The van der Waals surface area contributed by atoms with Crippen molar-refractivity contribution in [3.8, 4) is 0 Å². The lowest BCUT2D eigenvalue weighted by molar-refractivity contribution is -0.331. The highest BCUT2D eigenvalue weighted by Crippen LogP contribution is 2.63. The minimum absolute atomic E-state index is 0.0327. The third kappa shape index (κ3) is 3.56. The predicted octanol–water partition coefficient (Wildman–Crippen LogP) is 3.14. The third-order valence-electron chi connectivity index (χ3n) is 9.84. The largest absolute Gasteiger partial charge is 0.455 e. The molecule has 3 aliphatic carbocycles. The van der Waals surface area contributed by atoms with Gasteiger partial charge in [0.05, 0.1) is 24.2 Å². The summed E-state index contributed by atoms with van der Waals surface area (Å²) in [5.74, 6) is -2.17. The quantitative estimate of drug-likeness (QED) is 0.468. The van der Waals surface area contributed by atoms with E-state index in [0.29, 0.717) is 29.6 Å². The lowest BCUT2D eigenvalue weighted by atomic mass is 9.46. The van der Waals surface area contributed by atoms with E-state index in [1.807, 2.05) is 20.8 Å². The molecular weight excluding hydrogens is 476 g/mol. The summed E-state index contributed by atoms with van der Waals surface area (Å²) in [6.45, 7) is 8.61. The first-order valence-electron chi connectivity index (χ1n) is 13.0. The summed E-state index contributed by atoms with van der Waals surface area (Å²) in [7, 11) is 0. The van der Waals surface area contributed by atoms with E-state index in [1.165, 1.54) is 6.92 Å². The van der Waals surface area contributed by atoms with Gasteiger partial charge in [0.15, 0.2) is 5.60 Å². The fraction of sp³-hybridized carbons (Fsp3) is 0.621. The van der Waals surface area contributed by atoms with Crippen LogP contribution in [-0.4, -0.2) is 64.1 Å². The summed E-state index contributed by atoms with van der Waals surface area (Å²) >= 11 is 0. The van der Waals surface area contributed by atoms with Crippen LogP contribution in [0.2, 0.25) is 0 Å². The Bertz CT molecular complexity index is 1170. The predicted molar refractivity (Wildman–Crippen MR) is 132 cm³/mol. The Morgan fingerprint density at radius 2 is 1.81 bits per heavy atom. The molecule has 5 rings (SSSR count). The van der Waals surface area contributed by atoms with Crippen LogP contribution in [0.25, 0.3) is 0 Å². The molecule has 1 aromatic rings. The number of carbonyl (C=O) groups is 3. The molecule has 2 N–H and O–H groups in total. The second-order valence-corrected chi connectivity index (χ2v) is 12.0. The average Bonchev–Trinajstić information content (AvgIpc) is 2.82. The standard InChI is InChI=1S/C29H36O8/c1-16-19-13-21(32)27(5)12-11-22-28(15-35-22,37-17(2)30)23(27)24(29(34,14-20(16)31)26(19,3)4)36-25(33)18-9-7-6-8-10-18/h6-10,20,22-24,31,34H,11-15H2,1-5H3/t20-,22+,23-,24-,27-,28-,29+/m0/s1. The lowest BCUT2D eigenvalue weighted by Gasteiger charge is -2.66. The van der Waals surface area contributed by atoms with Crippen molar-refractivity contribution >= 4 is 17.7 Å². The van der Waals surface area contributed by atoms with Crippen molar-refractivity contribution in [2.45, 2.75) is 89.8 Å². The molecule has 0 aromatic heterocycles. The molecule has 0 amide bonds. The van der Waals surface area contributed by atoms with Gasteiger partial charge in [-0.05, 0) is 37.5 Å². The van der Waals surface area contributed by atoms with Crippen LogP contribution in [0.4, 0.5) is 0 Å². The number of Topliss-reactive ketones (excluding diaryl/α,β-unsaturated/α-hetero) is 1. The number of fused-ring (bicyclic) bond motifs is 5. The van der Waals surface area contributed by atoms with E-state index in [4.69, 9.17) is 14.2 Å². The Kier molecular flexibility index (Phi) is 5.98. The van der Waals surface area contributed by atoms with Crippen molar-refractivity contribution in [3.05, 3.63) is 47.0 Å². The molecule has 1 heterocycles. The fourth-order valence-electron chi connectivity index (χ4n) is 7.49. The molecule has 8 nitrogen and oxygen atoms in total. The third-order valence-corrected chi connectivity index (χ3v) is 9.84. The van der Waals surface area contributed by atoms with Crippen molar-refractivity contribution in [1.82, 2.24) is 0 Å². The lowest BCUT2D eigenvalue weighted by Crippen LogP contribution is -2.78. The van der Waals surface area contributed by atoms with Crippen molar-refractivity contribution < 1.29 is 38.8 Å². The van der Waals surface area contributed by atoms with Crippen LogP contribution in [0.1, 0.15) is 70.7 Å². The molecule has 1 saturated heterocycles. The molecule has 1 aromatic carbocycles. The number of ketones is 1. The Hall–Kier alpha value is -2.55. The molecule has 0 radical (unpaired) electrons. The minimum atomic E-state index is -1.76. The molecule has 0 unspecified atom stereocenters. The van der Waals surface area contributed by atoms with Crippen LogP contribution in [0.15, 0.2) is 41.5 Å². The molecule has 4 aliphatic rings. The van der Waals surface area contributed by atoms with E-state index in [-0.39, 0.29) is 25.2 Å². The highest BCUT2D eigenvalue weighted by Gasteiger charge is 2.74. The Morgan fingerprint density at radius 1 is 1.14 bits per heavy atom. The first kappa shape index (κ1) is 26.1. The minimum Gasteiger partial charge on any atom is -0.455 e. The summed E-state index contributed by atoms with van der Waals surface area (Å²) in [6.07, 6.45) is -1.91. The number of aliphatic hydroxyl groups is 2. The van der Waals surface area contributed by atoms with Gasteiger partial charge < -0.3 is 24.4 Å². The molecule has 0 spiro atoms.